The van der Waals surface area contributed by atoms with Crippen molar-refractivity contribution in [1.82, 2.24) is 10.2 Å². The summed E-state index contributed by atoms with van der Waals surface area (Å²) in [7, 11) is -2.29. The zero-order valence-corrected chi connectivity index (χ0v) is 21.5. The van der Waals surface area contributed by atoms with E-state index < -0.39 is 28.5 Å². The number of nitrogens with one attached hydrogen (secondary N) is 1. The molecule has 0 radical (unpaired) electrons. The van der Waals surface area contributed by atoms with E-state index in [1.807, 2.05) is 12.1 Å². The second kappa shape index (κ2) is 10.6. The summed E-state index contributed by atoms with van der Waals surface area (Å²) in [4.78, 5) is 27.1. The van der Waals surface area contributed by atoms with E-state index in [-0.39, 0.29) is 17.9 Å². The van der Waals surface area contributed by atoms with E-state index in [1.165, 1.54) is 11.9 Å². The van der Waals surface area contributed by atoms with Crippen molar-refractivity contribution in [3.8, 4) is 0 Å². The summed E-state index contributed by atoms with van der Waals surface area (Å²) >= 11 is 6.27. The summed E-state index contributed by atoms with van der Waals surface area (Å²) in [5, 5.41) is 2.99. The van der Waals surface area contributed by atoms with Crippen molar-refractivity contribution in [2.45, 2.75) is 45.7 Å². The normalized spacial score (nSPS) is 12.7. The van der Waals surface area contributed by atoms with Crippen LogP contribution < -0.4 is 9.62 Å². The van der Waals surface area contributed by atoms with Crippen LogP contribution in [0.3, 0.4) is 0 Å². The lowest BCUT2D eigenvalue weighted by molar-refractivity contribution is -0.139. The number of halogens is 1. The fraction of sp³-hybridized carbons (Fsp3) is 0.417. The zero-order valence-electron chi connectivity index (χ0n) is 19.9. The van der Waals surface area contributed by atoms with Crippen molar-refractivity contribution in [1.29, 1.82) is 0 Å². The van der Waals surface area contributed by atoms with E-state index in [9.17, 15) is 18.0 Å². The van der Waals surface area contributed by atoms with Crippen LogP contribution in [0.5, 0.6) is 0 Å². The highest BCUT2D eigenvalue weighted by atomic mass is 35.5. The number of likely N-dealkylation sites (N-methyl/N-ethyl adjacent to an activating group) is 1. The maximum Gasteiger partial charge on any atom is 0.244 e. The molecule has 0 aliphatic rings. The van der Waals surface area contributed by atoms with Crippen molar-refractivity contribution in [2.75, 3.05) is 24.2 Å². The lowest BCUT2D eigenvalue weighted by atomic mass is 9.87. The molecule has 0 aromatic heterocycles. The summed E-state index contributed by atoms with van der Waals surface area (Å²) in [6, 6.07) is 13.3. The highest BCUT2D eigenvalue weighted by molar-refractivity contribution is 7.92. The molecule has 1 atom stereocenters. The van der Waals surface area contributed by atoms with Gasteiger partial charge in [0.1, 0.15) is 12.6 Å². The first-order valence-corrected chi connectivity index (χ1v) is 12.8. The summed E-state index contributed by atoms with van der Waals surface area (Å²) in [6.45, 7) is 7.40. The average molecular weight is 494 g/mol. The third-order valence-corrected chi connectivity index (χ3v) is 6.92. The minimum Gasteiger partial charge on any atom is -0.357 e. The number of hydrogen-bond donors (Lipinski definition) is 1. The Kier molecular flexibility index (Phi) is 8.54. The van der Waals surface area contributed by atoms with Crippen LogP contribution in [0.4, 0.5) is 5.69 Å². The van der Waals surface area contributed by atoms with Crippen LogP contribution in [0.25, 0.3) is 0 Å². The lowest BCUT2D eigenvalue weighted by Gasteiger charge is -2.31. The number of rotatable bonds is 8. The van der Waals surface area contributed by atoms with Crippen LogP contribution in [-0.4, -0.2) is 51.0 Å². The monoisotopic (exact) mass is 493 g/mol. The van der Waals surface area contributed by atoms with Gasteiger partial charge in [0, 0.05) is 18.6 Å². The lowest BCUT2D eigenvalue weighted by Crippen LogP contribution is -2.50. The molecule has 1 N–H and O–H groups in total. The van der Waals surface area contributed by atoms with Gasteiger partial charge < -0.3 is 10.2 Å². The predicted octanol–water partition coefficient (Wildman–Crippen LogP) is 3.57. The van der Waals surface area contributed by atoms with Crippen molar-refractivity contribution in [2.24, 2.45) is 0 Å². The van der Waals surface area contributed by atoms with Crippen LogP contribution >= 0.6 is 11.6 Å². The maximum absolute atomic E-state index is 13.4. The predicted molar refractivity (Wildman–Crippen MR) is 133 cm³/mol. The Morgan fingerprint density at radius 3 is 2.12 bits per heavy atom. The number of anilines is 1. The van der Waals surface area contributed by atoms with Crippen molar-refractivity contribution < 1.29 is 18.0 Å². The van der Waals surface area contributed by atoms with E-state index >= 15 is 0 Å². The number of benzene rings is 2. The van der Waals surface area contributed by atoms with Gasteiger partial charge in [-0.3, -0.25) is 13.9 Å². The molecule has 2 amide bonds. The van der Waals surface area contributed by atoms with Gasteiger partial charge in [-0.25, -0.2) is 8.42 Å². The van der Waals surface area contributed by atoms with E-state index in [0.717, 1.165) is 16.1 Å². The third kappa shape index (κ3) is 6.95. The molecule has 0 spiro atoms. The van der Waals surface area contributed by atoms with Crippen molar-refractivity contribution in [3.63, 3.8) is 0 Å². The van der Waals surface area contributed by atoms with Gasteiger partial charge in [0.2, 0.25) is 21.8 Å². The molecule has 0 saturated heterocycles. The van der Waals surface area contributed by atoms with E-state index in [0.29, 0.717) is 16.3 Å². The van der Waals surface area contributed by atoms with Gasteiger partial charge in [0.25, 0.3) is 0 Å². The van der Waals surface area contributed by atoms with Gasteiger partial charge >= 0.3 is 0 Å². The smallest absolute Gasteiger partial charge is 0.244 e. The first-order valence-electron chi connectivity index (χ1n) is 10.6. The quantitative estimate of drug-likeness (QED) is 0.609. The summed E-state index contributed by atoms with van der Waals surface area (Å²) in [5.41, 5.74) is 1.98. The molecule has 0 aliphatic heterocycles. The fourth-order valence-electron chi connectivity index (χ4n) is 3.34. The molecular formula is C24H32ClN3O4S. The van der Waals surface area contributed by atoms with Crippen LogP contribution in [0.1, 0.15) is 38.8 Å². The highest BCUT2D eigenvalue weighted by Gasteiger charge is 2.30. The van der Waals surface area contributed by atoms with E-state index in [4.69, 9.17) is 11.6 Å². The Labute approximate surface area is 201 Å². The Morgan fingerprint density at radius 2 is 1.64 bits per heavy atom. The molecule has 0 fully saturated rings. The fourth-order valence-corrected chi connectivity index (χ4v) is 4.39. The molecule has 33 heavy (non-hydrogen) atoms. The first kappa shape index (κ1) is 26.7. The zero-order chi connectivity index (χ0) is 25.0. The molecule has 0 bridgehead atoms. The van der Waals surface area contributed by atoms with Crippen LogP contribution in [0.2, 0.25) is 5.02 Å². The largest absolute Gasteiger partial charge is 0.357 e. The molecular weight excluding hydrogens is 462 g/mol. The van der Waals surface area contributed by atoms with Gasteiger partial charge in [-0.05, 0) is 41.7 Å². The summed E-state index contributed by atoms with van der Waals surface area (Å²) in [6.07, 6.45) is 1.05. The molecule has 0 heterocycles. The molecule has 0 saturated carbocycles. The number of carbonyl (C=O) groups is 2. The third-order valence-electron chi connectivity index (χ3n) is 5.41. The number of sulfonamides is 1. The Bertz CT molecular complexity index is 1100. The topological polar surface area (TPSA) is 86.8 Å². The van der Waals surface area contributed by atoms with Gasteiger partial charge in [-0.15, -0.1) is 0 Å². The minimum absolute atomic E-state index is 0.0632. The molecule has 9 heteroatoms. The molecule has 7 nitrogen and oxygen atoms in total. The molecule has 0 aliphatic carbocycles. The molecule has 2 aromatic rings. The first-order chi connectivity index (χ1) is 15.3. The van der Waals surface area contributed by atoms with Gasteiger partial charge in [-0.1, -0.05) is 62.7 Å². The van der Waals surface area contributed by atoms with Crippen molar-refractivity contribution in [3.05, 3.63) is 64.7 Å². The Morgan fingerprint density at radius 1 is 1.06 bits per heavy atom. The van der Waals surface area contributed by atoms with Crippen LogP contribution in [-0.2, 0) is 31.6 Å². The second-order valence-electron chi connectivity index (χ2n) is 8.97. The van der Waals surface area contributed by atoms with Crippen LogP contribution in [0.15, 0.2) is 48.5 Å². The van der Waals surface area contributed by atoms with Crippen LogP contribution in [0, 0.1) is 0 Å². The number of hydrogen-bond acceptors (Lipinski definition) is 4. The summed E-state index contributed by atoms with van der Waals surface area (Å²) in [5.74, 6) is -0.882. The van der Waals surface area contributed by atoms with E-state index in [1.54, 1.807) is 43.3 Å². The maximum atomic E-state index is 13.4. The number of carbonyl (C=O) groups excluding carboxylic acids is 2. The van der Waals surface area contributed by atoms with Gasteiger partial charge in [-0.2, -0.15) is 0 Å². The highest BCUT2D eigenvalue weighted by Crippen LogP contribution is 2.26. The Hall–Kier alpha value is -2.58. The minimum atomic E-state index is -3.77. The second-order valence-corrected chi connectivity index (χ2v) is 11.3. The number of nitrogens with zero attached hydrogens (tertiary/aromatic N) is 2. The number of amides is 2. The average Bonchev–Trinajstić information content (AvgIpc) is 2.74. The van der Waals surface area contributed by atoms with Gasteiger partial charge in [0.05, 0.1) is 11.9 Å². The summed E-state index contributed by atoms with van der Waals surface area (Å²) < 4.78 is 26.3. The molecule has 1 unspecified atom stereocenters. The SMILES string of the molecule is CNC(=O)C(C)N(Cc1ccccc1Cl)C(=O)CN(c1ccc(C(C)(C)C)cc1)S(C)(=O)=O. The van der Waals surface area contributed by atoms with E-state index in [2.05, 4.69) is 26.1 Å². The molecule has 180 valence electrons. The standard InChI is InChI=1S/C24H32ClN3O4S/c1-17(23(30)26-5)27(15-18-9-7-8-10-21(18)25)22(29)16-28(33(6,31)32)20-13-11-19(12-14-20)24(2,3)4/h7-14,17H,15-16H2,1-6H3,(H,26,30). The molecule has 2 aromatic carbocycles. The Balaban J connectivity index is 2.40. The molecule has 2 rings (SSSR count). The van der Waals surface area contributed by atoms with Crippen molar-refractivity contribution >= 4 is 39.1 Å². The van der Waals surface area contributed by atoms with Gasteiger partial charge in [0.15, 0.2) is 0 Å².